The highest BCUT2D eigenvalue weighted by molar-refractivity contribution is 7.99. The molecule has 1 aromatic rings. The molecule has 0 nitrogen and oxygen atoms in total. The van der Waals surface area contributed by atoms with E-state index in [1.54, 1.807) is 0 Å². The normalized spacial score (nSPS) is 9.92. The van der Waals surface area contributed by atoms with E-state index >= 15 is 0 Å². The van der Waals surface area contributed by atoms with E-state index in [1.165, 1.54) is 16.9 Å². The largest absolute Gasteiger partial charge is 0.122 e. The lowest BCUT2D eigenvalue weighted by atomic mass is 10.2. The first-order valence-corrected chi connectivity index (χ1v) is 5.66. The molecule has 0 bridgehead atoms. The summed E-state index contributed by atoms with van der Waals surface area (Å²) in [4.78, 5) is 1.33. The van der Waals surface area contributed by atoms with Crippen molar-refractivity contribution in [3.63, 3.8) is 0 Å². The average molecular weight is 192 g/mol. The predicted molar refractivity (Wildman–Crippen MR) is 61.2 cm³/mol. The fourth-order valence-electron chi connectivity index (χ4n) is 1.13. The van der Waals surface area contributed by atoms with Gasteiger partial charge in [-0.25, -0.2) is 0 Å². The Bertz CT molecular complexity index is 251. The fourth-order valence-corrected chi connectivity index (χ4v) is 1.99. The topological polar surface area (TPSA) is 0 Å². The summed E-state index contributed by atoms with van der Waals surface area (Å²) in [5.41, 5.74) is 1.34. The smallest absolute Gasteiger partial charge is 0.0188 e. The van der Waals surface area contributed by atoms with Crippen LogP contribution in [-0.2, 0) is 0 Å². The first-order valence-electron chi connectivity index (χ1n) is 4.67. The molecule has 1 aromatic carbocycles. The zero-order valence-electron chi connectivity index (χ0n) is 8.12. The maximum absolute atomic E-state index is 4.04. The summed E-state index contributed by atoms with van der Waals surface area (Å²) >= 11 is 1.87. The van der Waals surface area contributed by atoms with Crippen LogP contribution in [0.5, 0.6) is 0 Å². The van der Waals surface area contributed by atoms with E-state index in [2.05, 4.69) is 37.8 Å². The maximum Gasteiger partial charge on any atom is 0.0188 e. The highest BCUT2D eigenvalue weighted by atomic mass is 32.2. The third kappa shape index (κ3) is 4.18. The van der Waals surface area contributed by atoms with Crippen molar-refractivity contribution in [2.45, 2.75) is 24.7 Å². The summed E-state index contributed by atoms with van der Waals surface area (Å²) in [7, 11) is 0. The van der Waals surface area contributed by atoms with Gasteiger partial charge in [0.1, 0.15) is 0 Å². The Morgan fingerprint density at radius 3 is 2.62 bits per heavy atom. The molecule has 0 spiro atoms. The Morgan fingerprint density at radius 2 is 2.00 bits per heavy atom. The molecule has 0 saturated carbocycles. The number of thioether (sulfide) groups is 1. The van der Waals surface area contributed by atoms with Crippen LogP contribution in [0, 0.1) is 0 Å². The quantitative estimate of drug-likeness (QED) is 0.499. The first-order chi connectivity index (χ1) is 6.33. The van der Waals surface area contributed by atoms with Gasteiger partial charge in [0.2, 0.25) is 0 Å². The van der Waals surface area contributed by atoms with Gasteiger partial charge in [0.15, 0.2) is 0 Å². The van der Waals surface area contributed by atoms with Crippen LogP contribution in [0.2, 0.25) is 0 Å². The van der Waals surface area contributed by atoms with E-state index in [1.807, 2.05) is 17.8 Å². The van der Waals surface area contributed by atoms with Gasteiger partial charge in [0, 0.05) is 10.6 Å². The van der Waals surface area contributed by atoms with Crippen LogP contribution >= 0.6 is 11.8 Å². The lowest BCUT2D eigenvalue weighted by Gasteiger charge is -2.03. The lowest BCUT2D eigenvalue weighted by molar-refractivity contribution is 0.913. The third-order valence-electron chi connectivity index (χ3n) is 1.79. The Hall–Kier alpha value is -0.690. The second kappa shape index (κ2) is 5.87. The van der Waals surface area contributed by atoms with Crippen LogP contribution in [0.3, 0.4) is 0 Å². The van der Waals surface area contributed by atoms with E-state index in [0.29, 0.717) is 0 Å². The molecule has 13 heavy (non-hydrogen) atoms. The van der Waals surface area contributed by atoms with E-state index in [9.17, 15) is 0 Å². The SMILES string of the molecule is C=C(CCC)CSc1ccccc1. The molecule has 70 valence electrons. The Labute approximate surface area is 85.1 Å². The van der Waals surface area contributed by atoms with Gasteiger partial charge in [0.25, 0.3) is 0 Å². The minimum Gasteiger partial charge on any atom is -0.122 e. The molecule has 1 rings (SSSR count). The van der Waals surface area contributed by atoms with Crippen LogP contribution < -0.4 is 0 Å². The second-order valence-electron chi connectivity index (χ2n) is 3.10. The summed E-state index contributed by atoms with van der Waals surface area (Å²) in [6.45, 7) is 6.23. The summed E-state index contributed by atoms with van der Waals surface area (Å²) < 4.78 is 0. The van der Waals surface area contributed by atoms with Crippen molar-refractivity contribution >= 4 is 11.8 Å². The van der Waals surface area contributed by atoms with E-state index in [0.717, 1.165) is 12.2 Å². The minimum atomic E-state index is 1.05. The fraction of sp³-hybridized carbons (Fsp3) is 0.333. The number of rotatable bonds is 5. The highest BCUT2D eigenvalue weighted by Gasteiger charge is 1.95. The minimum absolute atomic E-state index is 1.05. The van der Waals surface area contributed by atoms with Crippen LogP contribution in [0.15, 0.2) is 47.4 Å². The van der Waals surface area contributed by atoms with Gasteiger partial charge in [-0.15, -0.1) is 11.8 Å². The number of benzene rings is 1. The zero-order valence-corrected chi connectivity index (χ0v) is 8.94. The molecule has 0 heterocycles. The molecule has 0 N–H and O–H groups in total. The summed E-state index contributed by atoms with van der Waals surface area (Å²) in [6.07, 6.45) is 2.36. The van der Waals surface area contributed by atoms with Gasteiger partial charge in [-0.3, -0.25) is 0 Å². The standard InChI is InChI=1S/C12H16S/c1-3-7-11(2)10-13-12-8-5-4-6-9-12/h4-6,8-9H,2-3,7,10H2,1H3. The van der Waals surface area contributed by atoms with Crippen molar-refractivity contribution in [2.75, 3.05) is 5.75 Å². The van der Waals surface area contributed by atoms with Crippen molar-refractivity contribution < 1.29 is 0 Å². The molecule has 0 radical (unpaired) electrons. The molecule has 0 saturated heterocycles. The van der Waals surface area contributed by atoms with E-state index in [-0.39, 0.29) is 0 Å². The molecule has 1 heteroatoms. The maximum atomic E-state index is 4.04. The molecule has 0 aliphatic rings. The third-order valence-corrected chi connectivity index (χ3v) is 2.95. The predicted octanol–water partition coefficient (Wildman–Crippen LogP) is 4.14. The van der Waals surface area contributed by atoms with Crippen LogP contribution in [0.4, 0.5) is 0 Å². The lowest BCUT2D eigenvalue weighted by Crippen LogP contribution is -1.84. The van der Waals surface area contributed by atoms with Gasteiger partial charge >= 0.3 is 0 Å². The molecule has 0 aromatic heterocycles. The molecule has 0 aliphatic carbocycles. The monoisotopic (exact) mass is 192 g/mol. The molecule has 0 aliphatic heterocycles. The van der Waals surface area contributed by atoms with Crippen molar-refractivity contribution in [2.24, 2.45) is 0 Å². The second-order valence-corrected chi connectivity index (χ2v) is 4.15. The molecular weight excluding hydrogens is 176 g/mol. The molecular formula is C12H16S. The van der Waals surface area contributed by atoms with Crippen molar-refractivity contribution in [3.8, 4) is 0 Å². The number of hydrogen-bond donors (Lipinski definition) is 0. The van der Waals surface area contributed by atoms with Gasteiger partial charge in [-0.2, -0.15) is 0 Å². The van der Waals surface area contributed by atoms with E-state index < -0.39 is 0 Å². The Balaban J connectivity index is 2.31. The van der Waals surface area contributed by atoms with Gasteiger partial charge < -0.3 is 0 Å². The average Bonchev–Trinajstić information content (AvgIpc) is 2.17. The van der Waals surface area contributed by atoms with Gasteiger partial charge in [-0.1, -0.05) is 43.7 Å². The van der Waals surface area contributed by atoms with Crippen molar-refractivity contribution in [3.05, 3.63) is 42.5 Å². The molecule has 0 unspecified atom stereocenters. The van der Waals surface area contributed by atoms with Gasteiger partial charge in [-0.05, 0) is 18.6 Å². The Morgan fingerprint density at radius 1 is 1.31 bits per heavy atom. The van der Waals surface area contributed by atoms with E-state index in [4.69, 9.17) is 0 Å². The van der Waals surface area contributed by atoms with Crippen molar-refractivity contribution in [1.29, 1.82) is 0 Å². The van der Waals surface area contributed by atoms with Crippen LogP contribution in [-0.4, -0.2) is 5.75 Å². The summed E-state index contributed by atoms with van der Waals surface area (Å²) in [5.74, 6) is 1.05. The molecule has 0 atom stereocenters. The zero-order chi connectivity index (χ0) is 9.52. The van der Waals surface area contributed by atoms with Crippen LogP contribution in [0.1, 0.15) is 19.8 Å². The van der Waals surface area contributed by atoms with Gasteiger partial charge in [0.05, 0.1) is 0 Å². The highest BCUT2D eigenvalue weighted by Crippen LogP contribution is 2.20. The van der Waals surface area contributed by atoms with Crippen molar-refractivity contribution in [1.82, 2.24) is 0 Å². The summed E-state index contributed by atoms with van der Waals surface area (Å²) in [6, 6.07) is 10.5. The number of hydrogen-bond acceptors (Lipinski definition) is 1. The first kappa shape index (κ1) is 10.4. The van der Waals surface area contributed by atoms with Crippen LogP contribution in [0.25, 0.3) is 0 Å². The molecule has 0 fully saturated rings. The Kier molecular flexibility index (Phi) is 4.69. The summed E-state index contributed by atoms with van der Waals surface area (Å²) in [5, 5.41) is 0. The molecule has 0 amide bonds.